The number of nitrogens with two attached hydrogens (primary N) is 1. The van der Waals surface area contributed by atoms with Crippen LogP contribution in [0.2, 0.25) is 0 Å². The van der Waals surface area contributed by atoms with Crippen molar-refractivity contribution in [1.82, 2.24) is 10.3 Å². The lowest BCUT2D eigenvalue weighted by molar-refractivity contribution is 0.434. The summed E-state index contributed by atoms with van der Waals surface area (Å²) in [5.41, 5.74) is 2.51. The van der Waals surface area contributed by atoms with Gasteiger partial charge in [0.1, 0.15) is 6.11 Å². The highest BCUT2D eigenvalue weighted by molar-refractivity contribution is 5.80. The Hall–Kier alpha value is -1.41. The van der Waals surface area contributed by atoms with Crippen LogP contribution in [0.25, 0.3) is 0 Å². The lowest BCUT2D eigenvalue weighted by atomic mass is 10.2. The van der Waals surface area contributed by atoms with Crippen molar-refractivity contribution < 1.29 is 5.11 Å². The second-order valence-corrected chi connectivity index (χ2v) is 2.80. The van der Waals surface area contributed by atoms with Crippen molar-refractivity contribution in [2.45, 2.75) is 18.9 Å². The molecule has 1 fully saturated rings. The fourth-order valence-electron chi connectivity index (χ4n) is 1.52. The second-order valence-electron chi connectivity index (χ2n) is 2.80. The standard InChI is InChI=1S/C8H14N4O/c1-10-8(11-9)12-5-2-3-7(12)4-6-13/h7,13H,2-3,5,9H2,1H3,(H,10,11)/t7-/m0/s1. The van der Waals surface area contributed by atoms with Gasteiger partial charge in [0.25, 0.3) is 0 Å². The van der Waals surface area contributed by atoms with Gasteiger partial charge in [-0.2, -0.15) is 0 Å². The SMILES string of the molecule is CN=C(NN)N1CCC[C@H]1C#CO. The van der Waals surface area contributed by atoms with Gasteiger partial charge in [0.05, 0.1) is 6.04 Å². The molecule has 1 heterocycles. The number of aliphatic hydroxyl groups excluding tert-OH is 1. The summed E-state index contributed by atoms with van der Waals surface area (Å²) in [6.07, 6.45) is 3.91. The predicted octanol–water partition coefficient (Wildman–Crippen LogP) is -0.767. The fraction of sp³-hybridized carbons (Fsp3) is 0.625. The minimum atomic E-state index is 0.0275. The highest BCUT2D eigenvalue weighted by atomic mass is 16.2. The van der Waals surface area contributed by atoms with Gasteiger partial charge < -0.3 is 10.0 Å². The molecule has 72 valence electrons. The number of guanidine groups is 1. The molecule has 1 rings (SSSR count). The predicted molar refractivity (Wildman–Crippen MR) is 50.1 cm³/mol. The van der Waals surface area contributed by atoms with Crippen LogP contribution in [0.1, 0.15) is 12.8 Å². The lowest BCUT2D eigenvalue weighted by Crippen LogP contribution is -2.46. The first-order chi connectivity index (χ1) is 6.33. The third-order valence-electron chi connectivity index (χ3n) is 2.10. The molecule has 0 saturated carbocycles. The zero-order valence-corrected chi connectivity index (χ0v) is 7.62. The van der Waals surface area contributed by atoms with E-state index in [-0.39, 0.29) is 6.04 Å². The molecule has 1 aliphatic heterocycles. The van der Waals surface area contributed by atoms with Crippen molar-refractivity contribution in [2.75, 3.05) is 13.6 Å². The Kier molecular flexibility index (Phi) is 3.41. The summed E-state index contributed by atoms with van der Waals surface area (Å²) in [5.74, 6) is 8.60. The highest BCUT2D eigenvalue weighted by Gasteiger charge is 2.25. The first kappa shape index (κ1) is 9.68. The fourth-order valence-corrected chi connectivity index (χ4v) is 1.52. The van der Waals surface area contributed by atoms with Crippen molar-refractivity contribution in [2.24, 2.45) is 10.8 Å². The zero-order valence-electron chi connectivity index (χ0n) is 7.62. The van der Waals surface area contributed by atoms with Crippen LogP contribution in [0.4, 0.5) is 0 Å². The molecule has 13 heavy (non-hydrogen) atoms. The van der Waals surface area contributed by atoms with E-state index < -0.39 is 0 Å². The zero-order chi connectivity index (χ0) is 9.68. The maximum Gasteiger partial charge on any atom is 0.209 e. The summed E-state index contributed by atoms with van der Waals surface area (Å²) in [5, 5.41) is 8.49. The number of aliphatic hydroxyl groups is 1. The number of hydrogen-bond acceptors (Lipinski definition) is 3. The van der Waals surface area contributed by atoms with Crippen molar-refractivity contribution in [3.8, 4) is 12.0 Å². The average Bonchev–Trinajstić information content (AvgIpc) is 2.57. The van der Waals surface area contributed by atoms with Gasteiger partial charge in [-0.25, -0.2) is 5.84 Å². The molecule has 0 bridgehead atoms. The molecule has 0 aliphatic carbocycles. The van der Waals surface area contributed by atoms with E-state index in [0.717, 1.165) is 19.4 Å². The van der Waals surface area contributed by atoms with E-state index in [1.807, 2.05) is 11.0 Å². The van der Waals surface area contributed by atoms with E-state index in [1.54, 1.807) is 7.05 Å². The topological polar surface area (TPSA) is 73.9 Å². The lowest BCUT2D eigenvalue weighted by Gasteiger charge is -2.22. The Balaban J connectivity index is 2.71. The highest BCUT2D eigenvalue weighted by Crippen LogP contribution is 2.15. The minimum Gasteiger partial charge on any atom is -0.462 e. The Labute approximate surface area is 77.6 Å². The third-order valence-corrected chi connectivity index (χ3v) is 2.10. The maximum absolute atomic E-state index is 8.49. The van der Waals surface area contributed by atoms with Crippen molar-refractivity contribution in [3.05, 3.63) is 0 Å². The molecule has 0 radical (unpaired) electrons. The molecule has 4 N–H and O–H groups in total. The smallest absolute Gasteiger partial charge is 0.209 e. The van der Waals surface area contributed by atoms with Gasteiger partial charge in [0.15, 0.2) is 0 Å². The van der Waals surface area contributed by atoms with Gasteiger partial charge in [-0.15, -0.1) is 0 Å². The van der Waals surface area contributed by atoms with E-state index >= 15 is 0 Å². The van der Waals surface area contributed by atoms with E-state index in [1.165, 1.54) is 0 Å². The molecule has 0 aromatic heterocycles. The van der Waals surface area contributed by atoms with Crippen LogP contribution in [0.3, 0.4) is 0 Å². The summed E-state index contributed by atoms with van der Waals surface area (Å²) < 4.78 is 0. The number of likely N-dealkylation sites (tertiary alicyclic amines) is 1. The van der Waals surface area contributed by atoms with Crippen LogP contribution in [0.15, 0.2) is 4.99 Å². The number of aliphatic imine (C=N–C) groups is 1. The van der Waals surface area contributed by atoms with E-state index in [0.29, 0.717) is 5.96 Å². The van der Waals surface area contributed by atoms with Crippen LogP contribution in [0, 0.1) is 12.0 Å². The summed E-state index contributed by atoms with van der Waals surface area (Å²) in [6, 6.07) is 0.0275. The van der Waals surface area contributed by atoms with Crippen LogP contribution in [0.5, 0.6) is 0 Å². The Morgan fingerprint density at radius 3 is 3.08 bits per heavy atom. The average molecular weight is 182 g/mol. The van der Waals surface area contributed by atoms with Crippen LogP contribution in [-0.2, 0) is 0 Å². The Morgan fingerprint density at radius 1 is 1.77 bits per heavy atom. The molecular formula is C8H14N4O. The molecule has 1 atom stereocenters. The summed E-state index contributed by atoms with van der Waals surface area (Å²) in [6.45, 7) is 0.871. The first-order valence-electron chi connectivity index (χ1n) is 4.18. The number of nitrogens with zero attached hydrogens (tertiary/aromatic N) is 2. The van der Waals surface area contributed by atoms with E-state index in [4.69, 9.17) is 10.9 Å². The summed E-state index contributed by atoms with van der Waals surface area (Å²) in [4.78, 5) is 5.93. The van der Waals surface area contributed by atoms with Gasteiger partial charge in [-0.05, 0) is 18.8 Å². The summed E-state index contributed by atoms with van der Waals surface area (Å²) >= 11 is 0. The molecule has 5 nitrogen and oxygen atoms in total. The normalized spacial score (nSPS) is 22.5. The van der Waals surface area contributed by atoms with E-state index in [2.05, 4.69) is 16.3 Å². The number of rotatable bonds is 0. The molecule has 1 aliphatic rings. The van der Waals surface area contributed by atoms with Gasteiger partial charge in [0, 0.05) is 13.6 Å². The number of nitrogens with one attached hydrogen (secondary N) is 1. The third kappa shape index (κ3) is 2.04. The number of hydrazine groups is 1. The molecule has 0 aromatic carbocycles. The van der Waals surface area contributed by atoms with Crippen molar-refractivity contribution >= 4 is 5.96 Å². The van der Waals surface area contributed by atoms with Gasteiger partial charge in [-0.1, -0.05) is 0 Å². The van der Waals surface area contributed by atoms with Crippen molar-refractivity contribution in [1.29, 1.82) is 0 Å². The second kappa shape index (κ2) is 4.58. The largest absolute Gasteiger partial charge is 0.462 e. The van der Waals surface area contributed by atoms with Crippen molar-refractivity contribution in [3.63, 3.8) is 0 Å². The molecule has 0 unspecified atom stereocenters. The molecule has 0 spiro atoms. The van der Waals surface area contributed by atoms with Crippen LogP contribution in [-0.4, -0.2) is 35.6 Å². The van der Waals surface area contributed by atoms with Crippen LogP contribution < -0.4 is 11.3 Å². The minimum absolute atomic E-state index is 0.0275. The van der Waals surface area contributed by atoms with Gasteiger partial charge in [0.2, 0.25) is 5.96 Å². The Bertz CT molecular complexity index is 253. The molecule has 0 aromatic rings. The Morgan fingerprint density at radius 2 is 2.54 bits per heavy atom. The van der Waals surface area contributed by atoms with Crippen LogP contribution >= 0.6 is 0 Å². The number of hydrogen-bond donors (Lipinski definition) is 3. The molecule has 1 saturated heterocycles. The van der Waals surface area contributed by atoms with Gasteiger partial charge >= 0.3 is 0 Å². The maximum atomic E-state index is 8.49. The summed E-state index contributed by atoms with van der Waals surface area (Å²) in [7, 11) is 1.66. The quantitative estimate of drug-likeness (QED) is 0.151. The first-order valence-corrected chi connectivity index (χ1v) is 4.18. The van der Waals surface area contributed by atoms with Gasteiger partial charge in [-0.3, -0.25) is 10.4 Å². The molecular weight excluding hydrogens is 168 g/mol. The molecule has 0 amide bonds. The van der Waals surface area contributed by atoms with E-state index in [9.17, 15) is 0 Å². The molecule has 5 heteroatoms. The monoisotopic (exact) mass is 182 g/mol.